The number of para-hydroxylation sites is 1. The van der Waals surface area contributed by atoms with Crippen LogP contribution in [-0.4, -0.2) is 58.3 Å². The summed E-state index contributed by atoms with van der Waals surface area (Å²) in [4.78, 5) is 5.04. The maximum atomic E-state index is 13.6. The Hall–Kier alpha value is -2.38. The summed E-state index contributed by atoms with van der Waals surface area (Å²) in [5, 5.41) is 5.87. The zero-order valence-electron chi connectivity index (χ0n) is 17.4. The number of nitrogens with zero attached hydrogens (tertiary/aromatic N) is 5. The lowest BCUT2D eigenvalue weighted by Crippen LogP contribution is -2.45. The highest BCUT2D eigenvalue weighted by atomic mass is 32.4. The number of aryl methyl sites for hydroxylation is 1. The van der Waals surface area contributed by atoms with E-state index in [1.54, 1.807) is 12.1 Å². The van der Waals surface area contributed by atoms with Crippen LogP contribution in [0.2, 0.25) is 0 Å². The largest absolute Gasteiger partial charge is 0.379 e. The molecule has 1 saturated heterocycles. The van der Waals surface area contributed by atoms with Crippen molar-refractivity contribution in [2.45, 2.75) is 6.92 Å². The fourth-order valence-electron chi connectivity index (χ4n) is 4.15. The number of hydrogen-bond acceptors (Lipinski definition) is 4. The third kappa shape index (κ3) is 3.34. The molecule has 160 valence electrons. The lowest BCUT2D eigenvalue weighted by molar-refractivity contribution is 0.0738. The fourth-order valence-corrected chi connectivity index (χ4v) is 8.47. The SMILES string of the molecule is Cc1nn(-c2ccccc2)c2c1[P@@](=S)(N1CCOCC1)N(C)C(c1ccc(F)cc1)=N2. The number of aliphatic imine (C=N–C) groups is 1. The van der Waals surface area contributed by atoms with Crippen LogP contribution in [0.15, 0.2) is 59.6 Å². The number of benzene rings is 2. The second kappa shape index (κ2) is 7.95. The fraction of sp³-hybridized carbons (Fsp3) is 0.273. The molecular weight excluding hydrogens is 432 g/mol. The number of hydrogen-bond donors (Lipinski definition) is 0. The Balaban J connectivity index is 1.76. The second-order valence-electron chi connectivity index (χ2n) is 7.58. The van der Waals surface area contributed by atoms with Gasteiger partial charge < -0.3 is 9.41 Å². The zero-order valence-corrected chi connectivity index (χ0v) is 19.1. The first-order valence-electron chi connectivity index (χ1n) is 10.2. The molecule has 0 saturated carbocycles. The third-order valence-corrected chi connectivity index (χ3v) is 10.9. The summed E-state index contributed by atoms with van der Waals surface area (Å²) in [7, 11) is 2.00. The highest BCUT2D eigenvalue weighted by molar-refractivity contribution is 8.16. The van der Waals surface area contributed by atoms with Crippen LogP contribution in [0, 0.1) is 12.7 Å². The summed E-state index contributed by atoms with van der Waals surface area (Å²) in [6, 6.07) is 16.4. The topological polar surface area (TPSA) is 45.9 Å². The van der Waals surface area contributed by atoms with Crippen molar-refractivity contribution in [2.75, 3.05) is 33.4 Å². The average Bonchev–Trinajstić information content (AvgIpc) is 3.15. The van der Waals surface area contributed by atoms with Crippen LogP contribution in [-0.2, 0) is 16.5 Å². The summed E-state index contributed by atoms with van der Waals surface area (Å²) in [6.07, 6.45) is -2.43. The van der Waals surface area contributed by atoms with Crippen LogP contribution >= 0.6 is 6.34 Å². The summed E-state index contributed by atoms with van der Waals surface area (Å²) < 4.78 is 25.6. The molecule has 6 nitrogen and oxygen atoms in total. The minimum Gasteiger partial charge on any atom is -0.379 e. The molecule has 31 heavy (non-hydrogen) atoms. The maximum Gasteiger partial charge on any atom is 0.169 e. The van der Waals surface area contributed by atoms with Crippen molar-refractivity contribution in [3.8, 4) is 5.69 Å². The quantitative estimate of drug-likeness (QED) is 0.565. The van der Waals surface area contributed by atoms with Crippen molar-refractivity contribution in [1.82, 2.24) is 19.1 Å². The highest BCUT2D eigenvalue weighted by Gasteiger charge is 2.43. The number of amidine groups is 1. The Kier molecular flexibility index (Phi) is 5.26. The van der Waals surface area contributed by atoms with Crippen molar-refractivity contribution in [3.05, 3.63) is 71.7 Å². The average molecular weight is 455 g/mol. The van der Waals surface area contributed by atoms with Crippen molar-refractivity contribution in [1.29, 1.82) is 0 Å². The van der Waals surface area contributed by atoms with E-state index >= 15 is 0 Å². The molecule has 0 radical (unpaired) electrons. The van der Waals surface area contributed by atoms with Gasteiger partial charge in [0.05, 0.1) is 29.9 Å². The Morgan fingerprint density at radius 2 is 1.71 bits per heavy atom. The number of rotatable bonds is 3. The first kappa shape index (κ1) is 20.5. The van der Waals surface area contributed by atoms with Gasteiger partial charge in [-0.25, -0.2) is 14.1 Å². The molecule has 3 heterocycles. The van der Waals surface area contributed by atoms with Crippen LogP contribution in [0.1, 0.15) is 11.3 Å². The van der Waals surface area contributed by atoms with E-state index in [1.165, 1.54) is 12.1 Å². The van der Waals surface area contributed by atoms with Gasteiger partial charge >= 0.3 is 0 Å². The maximum absolute atomic E-state index is 13.6. The zero-order chi connectivity index (χ0) is 21.6. The summed E-state index contributed by atoms with van der Waals surface area (Å²) in [5.74, 6) is 1.22. The van der Waals surface area contributed by atoms with E-state index in [0.29, 0.717) is 13.2 Å². The van der Waals surface area contributed by atoms with Gasteiger partial charge in [0.2, 0.25) is 0 Å². The molecule has 0 unspecified atom stereocenters. The molecule has 0 bridgehead atoms. The normalized spacial score (nSPS) is 21.6. The molecule has 0 N–H and O–H groups in total. The van der Waals surface area contributed by atoms with E-state index in [0.717, 1.165) is 47.0 Å². The Labute approximate surface area is 186 Å². The standard InChI is InChI=1S/C22H23FN5OPS/c1-16-20-22(28(25-16)19-6-4-3-5-7-19)24-21(17-8-10-18(23)11-9-17)26(2)30(20,31)27-12-14-29-15-13-27/h3-11H,12-15H2,1-2H3/t30-/m0/s1. The van der Waals surface area contributed by atoms with Crippen molar-refractivity contribution in [2.24, 2.45) is 4.99 Å². The minimum absolute atomic E-state index is 0.277. The van der Waals surface area contributed by atoms with Gasteiger partial charge in [0.15, 0.2) is 5.82 Å². The van der Waals surface area contributed by atoms with E-state index in [4.69, 9.17) is 26.6 Å². The summed E-state index contributed by atoms with van der Waals surface area (Å²) >= 11 is 6.50. The van der Waals surface area contributed by atoms with Gasteiger partial charge in [-0.15, -0.1) is 0 Å². The lowest BCUT2D eigenvalue weighted by Gasteiger charge is -2.45. The molecule has 0 aliphatic carbocycles. The molecule has 0 amide bonds. The van der Waals surface area contributed by atoms with Gasteiger partial charge in [0.1, 0.15) is 18.0 Å². The minimum atomic E-state index is -2.43. The van der Waals surface area contributed by atoms with Crippen molar-refractivity contribution in [3.63, 3.8) is 0 Å². The lowest BCUT2D eigenvalue weighted by atomic mass is 10.2. The van der Waals surface area contributed by atoms with E-state index < -0.39 is 6.34 Å². The molecule has 2 aromatic carbocycles. The second-order valence-corrected chi connectivity index (χ2v) is 11.8. The Morgan fingerprint density at radius 1 is 1.03 bits per heavy atom. The van der Waals surface area contributed by atoms with Gasteiger partial charge in [-0.05, 0) is 43.3 Å². The van der Waals surface area contributed by atoms with Crippen LogP contribution < -0.4 is 5.30 Å². The van der Waals surface area contributed by atoms with E-state index in [9.17, 15) is 4.39 Å². The van der Waals surface area contributed by atoms with Gasteiger partial charge in [-0.2, -0.15) is 5.10 Å². The predicted octanol–water partition coefficient (Wildman–Crippen LogP) is 3.61. The molecule has 0 spiro atoms. The molecule has 1 fully saturated rings. The van der Waals surface area contributed by atoms with Gasteiger partial charge in [0.25, 0.3) is 0 Å². The Morgan fingerprint density at radius 3 is 2.39 bits per heavy atom. The Bertz CT molecular complexity index is 1190. The van der Waals surface area contributed by atoms with Crippen LogP contribution in [0.25, 0.3) is 5.69 Å². The van der Waals surface area contributed by atoms with E-state index in [2.05, 4.69) is 9.34 Å². The van der Waals surface area contributed by atoms with Gasteiger partial charge in [-0.1, -0.05) is 30.0 Å². The number of aromatic nitrogens is 2. The first-order valence-corrected chi connectivity index (χ1v) is 12.9. The molecule has 2 aliphatic rings. The van der Waals surface area contributed by atoms with E-state index in [-0.39, 0.29) is 5.82 Å². The molecule has 5 rings (SSSR count). The molecule has 9 heteroatoms. The number of ether oxygens (including phenoxy) is 1. The van der Waals surface area contributed by atoms with Gasteiger partial charge in [-0.3, -0.25) is 4.67 Å². The summed E-state index contributed by atoms with van der Waals surface area (Å²) in [6.45, 7) is 4.82. The smallest absolute Gasteiger partial charge is 0.169 e. The van der Waals surface area contributed by atoms with Crippen LogP contribution in [0.4, 0.5) is 10.2 Å². The first-order chi connectivity index (χ1) is 15.0. The number of fused-ring (bicyclic) bond motifs is 1. The molecule has 1 atom stereocenters. The van der Waals surface area contributed by atoms with Crippen molar-refractivity contribution < 1.29 is 9.13 Å². The monoisotopic (exact) mass is 455 g/mol. The van der Waals surface area contributed by atoms with Gasteiger partial charge in [0, 0.05) is 25.7 Å². The predicted molar refractivity (Wildman–Crippen MR) is 125 cm³/mol. The number of morpholine rings is 1. The molecule has 2 aliphatic heterocycles. The van der Waals surface area contributed by atoms with Crippen molar-refractivity contribution >= 4 is 35.1 Å². The molecule has 1 aromatic heterocycles. The van der Waals surface area contributed by atoms with Crippen LogP contribution in [0.5, 0.6) is 0 Å². The molecular formula is C22H23FN5OPS. The third-order valence-electron chi connectivity index (χ3n) is 5.70. The van der Waals surface area contributed by atoms with Crippen LogP contribution in [0.3, 0.4) is 0 Å². The molecule has 3 aromatic rings. The summed E-state index contributed by atoms with van der Waals surface area (Å²) in [5.41, 5.74) is 2.65. The highest BCUT2D eigenvalue weighted by Crippen LogP contribution is 2.57. The van der Waals surface area contributed by atoms with E-state index in [1.807, 2.05) is 49.0 Å². The number of halogens is 1.